The molecule has 104 valence electrons. The quantitative estimate of drug-likeness (QED) is 0.581. The average molecular weight is 264 g/mol. The van der Waals surface area contributed by atoms with Gasteiger partial charge in [0.1, 0.15) is 6.04 Å². The van der Waals surface area contributed by atoms with Crippen LogP contribution in [-0.2, 0) is 14.3 Å². The van der Waals surface area contributed by atoms with E-state index in [4.69, 9.17) is 4.74 Å². The number of esters is 1. The van der Waals surface area contributed by atoms with Gasteiger partial charge < -0.3 is 15.0 Å². The minimum absolute atomic E-state index is 0.0630. The van der Waals surface area contributed by atoms with Crippen LogP contribution >= 0.6 is 0 Å². The summed E-state index contributed by atoms with van der Waals surface area (Å²) >= 11 is 0. The molecule has 4 atom stereocenters. The van der Waals surface area contributed by atoms with Crippen molar-refractivity contribution in [3.63, 3.8) is 0 Å². The lowest BCUT2D eigenvalue weighted by Gasteiger charge is -2.29. The molecule has 19 heavy (non-hydrogen) atoms. The fourth-order valence-electron chi connectivity index (χ4n) is 3.45. The molecule has 5 nitrogen and oxygen atoms in total. The van der Waals surface area contributed by atoms with Crippen molar-refractivity contribution in [3.05, 3.63) is 12.2 Å². The molecule has 0 aromatic heterocycles. The molecule has 0 aromatic rings. The first kappa shape index (κ1) is 12.7. The highest BCUT2D eigenvalue weighted by molar-refractivity contribution is 5.89. The fraction of sp³-hybridized carbons (Fsp3) is 0.714. The van der Waals surface area contributed by atoms with Crippen LogP contribution in [0.4, 0.5) is 0 Å². The summed E-state index contributed by atoms with van der Waals surface area (Å²) in [5.41, 5.74) is 0. The first-order valence-corrected chi connectivity index (χ1v) is 7.13. The summed E-state index contributed by atoms with van der Waals surface area (Å²) in [6, 6.07) is -0.492. The van der Waals surface area contributed by atoms with E-state index in [0.29, 0.717) is 13.0 Å². The lowest BCUT2D eigenvalue weighted by atomic mass is 9.99. The van der Waals surface area contributed by atoms with Crippen LogP contribution in [0.1, 0.15) is 26.2 Å². The predicted molar refractivity (Wildman–Crippen MR) is 69.3 cm³/mol. The van der Waals surface area contributed by atoms with Gasteiger partial charge in [0.05, 0.1) is 18.7 Å². The number of amides is 1. The summed E-state index contributed by atoms with van der Waals surface area (Å²) in [4.78, 5) is 26.4. The summed E-state index contributed by atoms with van der Waals surface area (Å²) < 4.78 is 5.10. The van der Waals surface area contributed by atoms with Gasteiger partial charge in [-0.25, -0.2) is 4.79 Å². The maximum Gasteiger partial charge on any atom is 0.328 e. The highest BCUT2D eigenvalue weighted by Gasteiger charge is 2.46. The first-order valence-electron chi connectivity index (χ1n) is 7.13. The molecule has 0 aromatic carbocycles. The Morgan fingerprint density at radius 1 is 1.42 bits per heavy atom. The minimum atomic E-state index is -0.400. The monoisotopic (exact) mass is 264 g/mol. The molecule has 0 bridgehead atoms. The molecule has 3 heterocycles. The molecule has 0 aliphatic carbocycles. The van der Waals surface area contributed by atoms with Gasteiger partial charge in [0, 0.05) is 5.92 Å². The lowest BCUT2D eigenvalue weighted by molar-refractivity contribution is -0.154. The zero-order valence-corrected chi connectivity index (χ0v) is 11.2. The number of carbonyl (C=O) groups excluding carboxylic acids is 2. The van der Waals surface area contributed by atoms with Crippen LogP contribution < -0.4 is 5.32 Å². The van der Waals surface area contributed by atoms with E-state index in [1.165, 1.54) is 0 Å². The molecule has 5 heteroatoms. The Bertz CT molecular complexity index is 421. The third-order valence-electron chi connectivity index (χ3n) is 4.36. The molecule has 3 aliphatic heterocycles. The van der Waals surface area contributed by atoms with Crippen molar-refractivity contribution in [2.45, 2.75) is 44.3 Å². The van der Waals surface area contributed by atoms with Gasteiger partial charge >= 0.3 is 5.97 Å². The first-order chi connectivity index (χ1) is 9.22. The van der Waals surface area contributed by atoms with E-state index in [9.17, 15) is 9.59 Å². The van der Waals surface area contributed by atoms with Crippen molar-refractivity contribution < 1.29 is 14.3 Å². The van der Waals surface area contributed by atoms with Gasteiger partial charge in [0.2, 0.25) is 5.91 Å². The molecular formula is C14H20N2O3. The Balaban J connectivity index is 1.84. The molecule has 1 N–H and O–H groups in total. The average Bonchev–Trinajstić information content (AvgIpc) is 3.00. The number of ether oxygens (including phenoxy) is 1. The summed E-state index contributed by atoms with van der Waals surface area (Å²) in [6.45, 7) is 3.03. The number of fused-ring (bicyclic) bond motifs is 2. The third kappa shape index (κ3) is 2.06. The molecule has 3 aliphatic rings. The molecule has 0 saturated carbocycles. The molecule has 0 radical (unpaired) electrons. The number of hydrogen-bond donors (Lipinski definition) is 1. The van der Waals surface area contributed by atoms with E-state index in [2.05, 4.69) is 17.5 Å². The summed E-state index contributed by atoms with van der Waals surface area (Å²) in [7, 11) is 0. The zero-order valence-electron chi connectivity index (χ0n) is 11.2. The van der Waals surface area contributed by atoms with Crippen LogP contribution in [0.3, 0.4) is 0 Å². The maximum absolute atomic E-state index is 12.6. The largest absolute Gasteiger partial charge is 0.464 e. The van der Waals surface area contributed by atoms with Gasteiger partial charge in [-0.2, -0.15) is 0 Å². The Hall–Kier alpha value is -1.36. The van der Waals surface area contributed by atoms with E-state index in [1.54, 1.807) is 11.8 Å². The molecule has 2 fully saturated rings. The lowest BCUT2D eigenvalue weighted by Crippen LogP contribution is -2.51. The van der Waals surface area contributed by atoms with Crippen LogP contribution in [0.2, 0.25) is 0 Å². The van der Waals surface area contributed by atoms with Crippen molar-refractivity contribution in [3.8, 4) is 0 Å². The number of rotatable bonds is 2. The number of nitrogens with zero attached hydrogens (tertiary/aromatic N) is 1. The van der Waals surface area contributed by atoms with E-state index < -0.39 is 6.04 Å². The van der Waals surface area contributed by atoms with Gasteiger partial charge in [-0.1, -0.05) is 12.2 Å². The second kappa shape index (κ2) is 4.96. The van der Waals surface area contributed by atoms with E-state index in [-0.39, 0.29) is 29.9 Å². The van der Waals surface area contributed by atoms with Gasteiger partial charge in [-0.3, -0.25) is 4.79 Å². The van der Waals surface area contributed by atoms with Crippen molar-refractivity contribution in [1.29, 1.82) is 0 Å². The summed E-state index contributed by atoms with van der Waals surface area (Å²) in [6.07, 6.45) is 6.81. The summed E-state index contributed by atoms with van der Waals surface area (Å²) in [5, 5.41) is 3.26. The summed E-state index contributed by atoms with van der Waals surface area (Å²) in [5.74, 6) is 0.0807. The number of nitrogens with one attached hydrogen (secondary N) is 1. The van der Waals surface area contributed by atoms with Crippen LogP contribution in [0, 0.1) is 5.92 Å². The SMILES string of the molecule is CCOC(=O)[C@@H]1CCC2C=C[C@H]3CCN[C@@H]3C(=O)N21. The Morgan fingerprint density at radius 2 is 2.26 bits per heavy atom. The van der Waals surface area contributed by atoms with E-state index in [1.807, 2.05) is 0 Å². The molecule has 1 amide bonds. The van der Waals surface area contributed by atoms with Crippen molar-refractivity contribution in [1.82, 2.24) is 10.2 Å². The molecule has 1 unspecified atom stereocenters. The van der Waals surface area contributed by atoms with Crippen molar-refractivity contribution in [2.75, 3.05) is 13.2 Å². The smallest absolute Gasteiger partial charge is 0.328 e. The van der Waals surface area contributed by atoms with Crippen LogP contribution in [-0.4, -0.2) is 48.1 Å². The number of carbonyl (C=O) groups is 2. The highest BCUT2D eigenvalue weighted by Crippen LogP contribution is 2.33. The third-order valence-corrected chi connectivity index (χ3v) is 4.36. The van der Waals surface area contributed by atoms with Gasteiger partial charge in [-0.05, 0) is 32.7 Å². The Kier molecular flexibility index (Phi) is 3.31. The van der Waals surface area contributed by atoms with Gasteiger partial charge in [0.15, 0.2) is 0 Å². The normalized spacial score (nSPS) is 36.9. The second-order valence-electron chi connectivity index (χ2n) is 5.43. The molecule has 3 rings (SSSR count). The van der Waals surface area contributed by atoms with Gasteiger partial charge in [-0.15, -0.1) is 0 Å². The van der Waals surface area contributed by atoms with Crippen LogP contribution in [0.15, 0.2) is 12.2 Å². The highest BCUT2D eigenvalue weighted by atomic mass is 16.5. The number of hydrogen-bond acceptors (Lipinski definition) is 4. The van der Waals surface area contributed by atoms with Crippen molar-refractivity contribution >= 4 is 11.9 Å². The fourth-order valence-corrected chi connectivity index (χ4v) is 3.45. The van der Waals surface area contributed by atoms with Crippen molar-refractivity contribution in [2.24, 2.45) is 5.92 Å². The molecule has 2 saturated heterocycles. The molecular weight excluding hydrogens is 244 g/mol. The maximum atomic E-state index is 12.6. The van der Waals surface area contributed by atoms with Gasteiger partial charge in [0.25, 0.3) is 0 Å². The Morgan fingerprint density at radius 3 is 3.05 bits per heavy atom. The van der Waals surface area contributed by atoms with Crippen LogP contribution in [0.5, 0.6) is 0 Å². The second-order valence-corrected chi connectivity index (χ2v) is 5.43. The topological polar surface area (TPSA) is 58.6 Å². The molecule has 0 spiro atoms. The van der Waals surface area contributed by atoms with E-state index >= 15 is 0 Å². The standard InChI is InChI=1S/C14H20N2O3/c1-2-19-14(18)11-6-5-10-4-3-9-7-8-15-12(9)13(17)16(10)11/h3-4,9-12,15H,2,5-8H2,1H3/t9-,10?,11-,12-/m0/s1. The predicted octanol–water partition coefficient (Wildman–Crippen LogP) is 0.457. The zero-order chi connectivity index (χ0) is 13.4. The van der Waals surface area contributed by atoms with E-state index in [0.717, 1.165) is 19.4 Å². The van der Waals surface area contributed by atoms with Crippen LogP contribution in [0.25, 0.3) is 0 Å². The minimum Gasteiger partial charge on any atom is -0.464 e. The Labute approximate surface area is 113 Å².